The number of carbonyl (C=O) groups is 2. The van der Waals surface area contributed by atoms with E-state index in [4.69, 9.17) is 5.11 Å². The number of nitrogens with zero attached hydrogens (tertiary/aromatic N) is 1. The van der Waals surface area contributed by atoms with Gasteiger partial charge in [0.2, 0.25) is 5.91 Å². The number of hydrogen-bond donors (Lipinski definition) is 1. The van der Waals surface area contributed by atoms with Crippen LogP contribution in [0, 0.1) is 11.8 Å². The van der Waals surface area contributed by atoms with Crippen LogP contribution < -0.4 is 0 Å². The van der Waals surface area contributed by atoms with Gasteiger partial charge in [-0.15, -0.1) is 0 Å². The highest BCUT2D eigenvalue weighted by Crippen LogP contribution is 2.40. The van der Waals surface area contributed by atoms with E-state index in [1.54, 1.807) is 4.90 Å². The van der Waals surface area contributed by atoms with Gasteiger partial charge >= 0.3 is 5.97 Å². The number of carbonyl (C=O) groups excluding carboxylic acids is 1. The van der Waals surface area contributed by atoms with E-state index in [0.29, 0.717) is 6.42 Å². The van der Waals surface area contributed by atoms with Crippen molar-refractivity contribution in [1.82, 2.24) is 4.90 Å². The van der Waals surface area contributed by atoms with Crippen LogP contribution in [0.2, 0.25) is 0 Å². The van der Waals surface area contributed by atoms with Crippen LogP contribution in [-0.4, -0.2) is 34.5 Å². The van der Waals surface area contributed by atoms with E-state index in [1.165, 1.54) is 0 Å². The SMILES string of the molecule is CCCN(C(=O)C1CC1C(=O)O)C(C)C. The van der Waals surface area contributed by atoms with Crippen LogP contribution in [0.4, 0.5) is 0 Å². The molecule has 15 heavy (non-hydrogen) atoms. The van der Waals surface area contributed by atoms with Crippen LogP contribution in [0.5, 0.6) is 0 Å². The molecule has 4 nitrogen and oxygen atoms in total. The summed E-state index contributed by atoms with van der Waals surface area (Å²) in [5, 5.41) is 8.75. The smallest absolute Gasteiger partial charge is 0.307 e. The minimum Gasteiger partial charge on any atom is -0.481 e. The lowest BCUT2D eigenvalue weighted by Crippen LogP contribution is -2.39. The Hall–Kier alpha value is -1.06. The maximum absolute atomic E-state index is 11.9. The monoisotopic (exact) mass is 213 g/mol. The second kappa shape index (κ2) is 4.64. The van der Waals surface area contributed by atoms with Gasteiger partial charge in [0.05, 0.1) is 11.8 Å². The molecule has 1 amide bonds. The molecule has 0 aromatic heterocycles. The topological polar surface area (TPSA) is 57.6 Å². The van der Waals surface area contributed by atoms with Crippen molar-refractivity contribution in [3.05, 3.63) is 0 Å². The third-order valence-corrected chi connectivity index (χ3v) is 2.80. The van der Waals surface area contributed by atoms with E-state index in [1.807, 2.05) is 20.8 Å². The van der Waals surface area contributed by atoms with Crippen molar-refractivity contribution in [3.8, 4) is 0 Å². The van der Waals surface area contributed by atoms with E-state index in [9.17, 15) is 9.59 Å². The van der Waals surface area contributed by atoms with Crippen LogP contribution in [0.15, 0.2) is 0 Å². The largest absolute Gasteiger partial charge is 0.481 e. The van der Waals surface area contributed by atoms with Gasteiger partial charge < -0.3 is 10.0 Å². The summed E-state index contributed by atoms with van der Waals surface area (Å²) < 4.78 is 0. The molecule has 0 aromatic rings. The van der Waals surface area contributed by atoms with Crippen molar-refractivity contribution in [2.45, 2.75) is 39.7 Å². The number of carboxylic acid groups (broad SMARTS) is 1. The lowest BCUT2D eigenvalue weighted by Gasteiger charge is -2.26. The van der Waals surface area contributed by atoms with E-state index < -0.39 is 11.9 Å². The Kier molecular flexibility index (Phi) is 3.72. The summed E-state index contributed by atoms with van der Waals surface area (Å²) in [4.78, 5) is 24.4. The fourth-order valence-electron chi connectivity index (χ4n) is 1.82. The summed E-state index contributed by atoms with van der Waals surface area (Å²) in [5.41, 5.74) is 0. The predicted octanol–water partition coefficient (Wildman–Crippen LogP) is 1.35. The molecule has 0 spiro atoms. The number of hydrogen-bond acceptors (Lipinski definition) is 2. The molecule has 0 aliphatic heterocycles. The highest BCUT2D eigenvalue weighted by molar-refractivity contribution is 5.89. The van der Waals surface area contributed by atoms with Crippen molar-refractivity contribution in [3.63, 3.8) is 0 Å². The first-order valence-corrected chi connectivity index (χ1v) is 5.52. The summed E-state index contributed by atoms with van der Waals surface area (Å²) >= 11 is 0. The fourth-order valence-corrected chi connectivity index (χ4v) is 1.82. The minimum atomic E-state index is -0.839. The standard InChI is InChI=1S/C11H19NO3/c1-4-5-12(7(2)3)10(13)8-6-9(8)11(14)15/h7-9H,4-6H2,1-3H3,(H,14,15). The Morgan fingerprint density at radius 2 is 2.00 bits per heavy atom. The molecule has 1 fully saturated rings. The van der Waals surface area contributed by atoms with Crippen molar-refractivity contribution >= 4 is 11.9 Å². The Balaban J connectivity index is 2.55. The van der Waals surface area contributed by atoms with Gasteiger partial charge in [0.25, 0.3) is 0 Å². The average molecular weight is 213 g/mol. The van der Waals surface area contributed by atoms with Crippen LogP contribution in [-0.2, 0) is 9.59 Å². The van der Waals surface area contributed by atoms with E-state index >= 15 is 0 Å². The Morgan fingerprint density at radius 1 is 1.40 bits per heavy atom. The minimum absolute atomic E-state index is 0.0132. The molecule has 1 aliphatic rings. The summed E-state index contributed by atoms with van der Waals surface area (Å²) in [6, 6.07) is 0.160. The first-order valence-electron chi connectivity index (χ1n) is 5.52. The number of amides is 1. The van der Waals surface area contributed by atoms with Crippen LogP contribution in [0.3, 0.4) is 0 Å². The zero-order valence-electron chi connectivity index (χ0n) is 9.56. The summed E-state index contributed by atoms with van der Waals surface area (Å²) in [7, 11) is 0. The molecule has 2 atom stereocenters. The average Bonchev–Trinajstić information content (AvgIpc) is 2.91. The number of carboxylic acids is 1. The van der Waals surface area contributed by atoms with Gasteiger partial charge in [0, 0.05) is 12.6 Å². The maximum Gasteiger partial charge on any atom is 0.307 e. The van der Waals surface area contributed by atoms with Crippen LogP contribution in [0.1, 0.15) is 33.6 Å². The molecule has 1 saturated carbocycles. The van der Waals surface area contributed by atoms with Gasteiger partial charge in [-0.25, -0.2) is 0 Å². The van der Waals surface area contributed by atoms with E-state index in [-0.39, 0.29) is 17.9 Å². The molecular weight excluding hydrogens is 194 g/mol. The Labute approximate surface area is 90.3 Å². The molecular formula is C11H19NO3. The molecule has 0 heterocycles. The lowest BCUT2D eigenvalue weighted by molar-refractivity contribution is -0.142. The molecule has 2 unspecified atom stereocenters. The van der Waals surface area contributed by atoms with Gasteiger partial charge in [-0.05, 0) is 26.7 Å². The molecule has 0 aromatic carbocycles. The summed E-state index contributed by atoms with van der Waals surface area (Å²) in [6.45, 7) is 6.67. The van der Waals surface area contributed by atoms with Crippen LogP contribution >= 0.6 is 0 Å². The highest BCUT2D eigenvalue weighted by atomic mass is 16.4. The second-order valence-corrected chi connectivity index (χ2v) is 4.41. The highest BCUT2D eigenvalue weighted by Gasteiger charge is 2.49. The third-order valence-electron chi connectivity index (χ3n) is 2.80. The molecule has 86 valence electrons. The molecule has 1 rings (SSSR count). The van der Waals surface area contributed by atoms with E-state index in [0.717, 1.165) is 13.0 Å². The molecule has 1 aliphatic carbocycles. The summed E-state index contributed by atoms with van der Waals surface area (Å²) in [6.07, 6.45) is 1.43. The molecule has 1 N–H and O–H groups in total. The first kappa shape index (κ1) is 12.0. The normalized spacial score (nSPS) is 24.0. The number of rotatable bonds is 5. The molecule has 0 saturated heterocycles. The third kappa shape index (κ3) is 2.70. The molecule has 0 bridgehead atoms. The first-order chi connectivity index (χ1) is 6.99. The van der Waals surface area contributed by atoms with Crippen molar-refractivity contribution in [1.29, 1.82) is 0 Å². The zero-order valence-corrected chi connectivity index (χ0v) is 9.56. The van der Waals surface area contributed by atoms with Gasteiger partial charge in [-0.2, -0.15) is 0 Å². The van der Waals surface area contributed by atoms with Gasteiger partial charge in [-0.3, -0.25) is 9.59 Å². The van der Waals surface area contributed by atoms with Crippen molar-refractivity contribution in [2.24, 2.45) is 11.8 Å². The maximum atomic E-state index is 11.9. The lowest BCUT2D eigenvalue weighted by atomic mass is 10.2. The fraction of sp³-hybridized carbons (Fsp3) is 0.818. The van der Waals surface area contributed by atoms with Crippen molar-refractivity contribution in [2.75, 3.05) is 6.54 Å². The summed E-state index contributed by atoms with van der Waals surface area (Å²) in [5.74, 6) is -1.53. The Bertz CT molecular complexity index is 263. The van der Waals surface area contributed by atoms with Gasteiger partial charge in [0.1, 0.15) is 0 Å². The van der Waals surface area contributed by atoms with Crippen molar-refractivity contribution < 1.29 is 14.7 Å². The molecule has 0 radical (unpaired) electrons. The zero-order chi connectivity index (χ0) is 11.6. The van der Waals surface area contributed by atoms with Gasteiger partial charge in [-0.1, -0.05) is 6.92 Å². The van der Waals surface area contributed by atoms with Crippen LogP contribution in [0.25, 0.3) is 0 Å². The predicted molar refractivity (Wildman–Crippen MR) is 56.4 cm³/mol. The van der Waals surface area contributed by atoms with Gasteiger partial charge in [0.15, 0.2) is 0 Å². The number of aliphatic carboxylic acids is 1. The van der Waals surface area contributed by atoms with E-state index in [2.05, 4.69) is 0 Å². The second-order valence-electron chi connectivity index (χ2n) is 4.41. The Morgan fingerprint density at radius 3 is 2.33 bits per heavy atom. The molecule has 4 heteroatoms. The quantitative estimate of drug-likeness (QED) is 0.750.